The van der Waals surface area contributed by atoms with Crippen molar-refractivity contribution in [1.29, 1.82) is 0 Å². The second-order valence-corrected chi connectivity index (χ2v) is 9.12. The Morgan fingerprint density at radius 3 is 2.50 bits per heavy atom. The minimum Gasteiger partial charge on any atom is -0.326 e. The standard InChI is InChI=1S/C21H20BrN3O2S/c1-13-2-6-16(7-3-13)24-21-25(17-10-11-17)20(27)18(28-21)12-19(26)23-15-8-4-14(22)5-9-15/h2-9,17-18H,10-12H2,1H3,(H,23,26). The molecule has 1 unspecified atom stereocenters. The predicted molar refractivity (Wildman–Crippen MR) is 117 cm³/mol. The molecule has 1 atom stereocenters. The van der Waals surface area contributed by atoms with Crippen LogP contribution in [0.2, 0.25) is 0 Å². The maximum atomic E-state index is 12.9. The summed E-state index contributed by atoms with van der Waals surface area (Å²) in [7, 11) is 0. The van der Waals surface area contributed by atoms with Crippen LogP contribution in [0, 0.1) is 6.92 Å². The maximum Gasteiger partial charge on any atom is 0.242 e. The lowest BCUT2D eigenvalue weighted by Crippen LogP contribution is -2.35. The van der Waals surface area contributed by atoms with Crippen LogP contribution in [0.25, 0.3) is 0 Å². The van der Waals surface area contributed by atoms with Crippen LogP contribution in [0.4, 0.5) is 11.4 Å². The zero-order valence-electron chi connectivity index (χ0n) is 15.4. The molecule has 1 saturated carbocycles. The molecular weight excluding hydrogens is 438 g/mol. The molecule has 0 aromatic heterocycles. The molecule has 0 bridgehead atoms. The molecule has 1 aliphatic carbocycles. The van der Waals surface area contributed by atoms with Gasteiger partial charge in [0.25, 0.3) is 0 Å². The molecule has 2 fully saturated rings. The minimum absolute atomic E-state index is 0.00989. The molecule has 7 heteroatoms. The van der Waals surface area contributed by atoms with Crippen molar-refractivity contribution in [2.45, 2.75) is 37.5 Å². The molecule has 2 amide bonds. The highest BCUT2D eigenvalue weighted by Gasteiger charge is 2.46. The Bertz CT molecular complexity index is 924. The first kappa shape index (κ1) is 19.2. The number of nitrogens with zero attached hydrogens (tertiary/aromatic N) is 2. The van der Waals surface area contributed by atoms with E-state index in [1.807, 2.05) is 55.5 Å². The number of nitrogens with one attached hydrogen (secondary N) is 1. The van der Waals surface area contributed by atoms with Crippen LogP contribution in [-0.4, -0.2) is 33.2 Å². The van der Waals surface area contributed by atoms with E-state index < -0.39 is 5.25 Å². The van der Waals surface area contributed by atoms with Gasteiger partial charge in [-0.15, -0.1) is 0 Å². The van der Waals surface area contributed by atoms with Crippen LogP contribution < -0.4 is 5.32 Å². The highest BCUT2D eigenvalue weighted by Crippen LogP contribution is 2.39. The van der Waals surface area contributed by atoms with E-state index in [0.29, 0.717) is 5.17 Å². The van der Waals surface area contributed by atoms with Gasteiger partial charge in [0.1, 0.15) is 5.25 Å². The summed E-state index contributed by atoms with van der Waals surface area (Å²) in [5.74, 6) is -0.176. The Kier molecular flexibility index (Phi) is 5.55. The van der Waals surface area contributed by atoms with Gasteiger partial charge < -0.3 is 5.32 Å². The average molecular weight is 458 g/mol. The number of halogens is 1. The molecule has 0 spiro atoms. The number of amides is 2. The van der Waals surface area contributed by atoms with Gasteiger partial charge in [-0.25, -0.2) is 4.99 Å². The number of carbonyl (C=O) groups is 2. The van der Waals surface area contributed by atoms with Gasteiger partial charge in [-0.3, -0.25) is 14.5 Å². The van der Waals surface area contributed by atoms with E-state index in [4.69, 9.17) is 4.99 Å². The van der Waals surface area contributed by atoms with E-state index >= 15 is 0 Å². The molecule has 0 radical (unpaired) electrons. The Morgan fingerprint density at radius 1 is 1.18 bits per heavy atom. The summed E-state index contributed by atoms with van der Waals surface area (Å²) < 4.78 is 0.948. The van der Waals surface area contributed by atoms with Crippen LogP contribution in [0.5, 0.6) is 0 Å². The van der Waals surface area contributed by atoms with Gasteiger partial charge in [-0.1, -0.05) is 45.4 Å². The summed E-state index contributed by atoms with van der Waals surface area (Å²) in [5.41, 5.74) is 2.71. The van der Waals surface area contributed by atoms with Gasteiger partial charge >= 0.3 is 0 Å². The molecule has 1 aliphatic heterocycles. The summed E-state index contributed by atoms with van der Waals surface area (Å²) in [4.78, 5) is 31.8. The topological polar surface area (TPSA) is 61.8 Å². The Balaban J connectivity index is 1.47. The molecular formula is C21H20BrN3O2S. The molecule has 2 aliphatic rings. The SMILES string of the molecule is Cc1ccc(N=C2SC(CC(=O)Nc3ccc(Br)cc3)C(=O)N2C2CC2)cc1. The number of amidine groups is 1. The van der Waals surface area contributed by atoms with E-state index in [9.17, 15) is 9.59 Å². The van der Waals surface area contributed by atoms with Crippen molar-refractivity contribution in [3.63, 3.8) is 0 Å². The van der Waals surface area contributed by atoms with Gasteiger partial charge in [0, 0.05) is 22.6 Å². The Labute approximate surface area is 176 Å². The zero-order chi connectivity index (χ0) is 19.7. The van der Waals surface area contributed by atoms with Crippen LogP contribution in [0.15, 0.2) is 58.0 Å². The zero-order valence-corrected chi connectivity index (χ0v) is 17.8. The molecule has 144 valence electrons. The molecule has 2 aromatic carbocycles. The lowest BCUT2D eigenvalue weighted by molar-refractivity contribution is -0.128. The fourth-order valence-electron chi connectivity index (χ4n) is 3.01. The van der Waals surface area contributed by atoms with E-state index in [2.05, 4.69) is 21.2 Å². The van der Waals surface area contributed by atoms with Gasteiger partial charge in [0.05, 0.1) is 5.69 Å². The van der Waals surface area contributed by atoms with Crippen molar-refractivity contribution in [1.82, 2.24) is 4.90 Å². The highest BCUT2D eigenvalue weighted by atomic mass is 79.9. The van der Waals surface area contributed by atoms with Gasteiger partial charge in [0.15, 0.2) is 5.17 Å². The quantitative estimate of drug-likeness (QED) is 0.695. The fraction of sp³-hybridized carbons (Fsp3) is 0.286. The third kappa shape index (κ3) is 4.47. The first-order valence-electron chi connectivity index (χ1n) is 9.20. The third-order valence-electron chi connectivity index (χ3n) is 4.64. The summed E-state index contributed by atoms with van der Waals surface area (Å²) in [5, 5.41) is 3.14. The van der Waals surface area contributed by atoms with Crippen LogP contribution in [0.3, 0.4) is 0 Å². The monoisotopic (exact) mass is 457 g/mol. The van der Waals surface area contributed by atoms with Crippen LogP contribution in [0.1, 0.15) is 24.8 Å². The minimum atomic E-state index is -0.430. The number of aryl methyl sites for hydroxylation is 1. The van der Waals surface area contributed by atoms with E-state index in [0.717, 1.165) is 28.7 Å². The number of anilines is 1. The second kappa shape index (κ2) is 8.09. The number of thioether (sulfide) groups is 1. The molecule has 1 saturated heterocycles. The summed E-state index contributed by atoms with van der Waals surface area (Å²) in [6.07, 6.45) is 2.13. The number of hydrogen-bond donors (Lipinski definition) is 1. The molecule has 1 heterocycles. The van der Waals surface area contributed by atoms with Gasteiger partial charge in [-0.05, 0) is 56.2 Å². The molecule has 5 nitrogen and oxygen atoms in total. The van der Waals surface area contributed by atoms with Crippen molar-refractivity contribution >= 4 is 56.0 Å². The smallest absolute Gasteiger partial charge is 0.242 e. The van der Waals surface area contributed by atoms with E-state index in [-0.39, 0.29) is 24.3 Å². The van der Waals surface area contributed by atoms with Crippen molar-refractivity contribution in [3.8, 4) is 0 Å². The van der Waals surface area contributed by atoms with Crippen molar-refractivity contribution < 1.29 is 9.59 Å². The fourth-order valence-corrected chi connectivity index (χ4v) is 4.48. The summed E-state index contributed by atoms with van der Waals surface area (Å²) in [6, 6.07) is 15.5. The summed E-state index contributed by atoms with van der Waals surface area (Å²) in [6.45, 7) is 2.03. The number of carbonyl (C=O) groups excluding carboxylic acids is 2. The molecule has 28 heavy (non-hydrogen) atoms. The lowest BCUT2D eigenvalue weighted by Gasteiger charge is -2.15. The van der Waals surface area contributed by atoms with Crippen LogP contribution in [-0.2, 0) is 9.59 Å². The number of aliphatic imine (C=N–C) groups is 1. The van der Waals surface area contributed by atoms with Crippen molar-refractivity contribution in [3.05, 3.63) is 58.6 Å². The Morgan fingerprint density at radius 2 is 1.86 bits per heavy atom. The predicted octanol–water partition coefficient (Wildman–Crippen LogP) is 4.88. The molecule has 2 aromatic rings. The van der Waals surface area contributed by atoms with Crippen molar-refractivity contribution in [2.24, 2.45) is 4.99 Å². The van der Waals surface area contributed by atoms with E-state index in [1.54, 1.807) is 4.90 Å². The lowest BCUT2D eigenvalue weighted by atomic mass is 10.2. The number of benzene rings is 2. The first-order chi connectivity index (χ1) is 13.5. The largest absolute Gasteiger partial charge is 0.326 e. The van der Waals surface area contributed by atoms with Gasteiger partial charge in [0.2, 0.25) is 11.8 Å². The summed E-state index contributed by atoms with van der Waals surface area (Å²) >= 11 is 4.77. The molecule has 1 N–H and O–H groups in total. The maximum absolute atomic E-state index is 12.9. The average Bonchev–Trinajstić information content (AvgIpc) is 3.45. The normalized spacial score (nSPS) is 20.6. The Hall–Kier alpha value is -2.12. The first-order valence-corrected chi connectivity index (χ1v) is 10.9. The van der Waals surface area contributed by atoms with E-state index in [1.165, 1.54) is 17.3 Å². The van der Waals surface area contributed by atoms with Crippen molar-refractivity contribution in [2.75, 3.05) is 5.32 Å². The second-order valence-electron chi connectivity index (χ2n) is 7.04. The highest BCUT2D eigenvalue weighted by molar-refractivity contribution is 9.10. The number of hydrogen-bond acceptors (Lipinski definition) is 4. The number of rotatable bonds is 5. The van der Waals surface area contributed by atoms with Crippen LogP contribution >= 0.6 is 27.7 Å². The molecule has 4 rings (SSSR count). The third-order valence-corrected chi connectivity index (χ3v) is 6.32. The van der Waals surface area contributed by atoms with Gasteiger partial charge in [-0.2, -0.15) is 0 Å².